The molecular formula is C22H16F3N7O4. The van der Waals surface area contributed by atoms with Crippen LogP contribution in [-0.2, 0) is 19.8 Å². The lowest BCUT2D eigenvalue weighted by Crippen LogP contribution is -2.24. The summed E-state index contributed by atoms with van der Waals surface area (Å²) in [6.45, 7) is -0.224. The van der Waals surface area contributed by atoms with Gasteiger partial charge in [-0.2, -0.15) is 18.3 Å². The van der Waals surface area contributed by atoms with Gasteiger partial charge in [0.05, 0.1) is 5.56 Å². The van der Waals surface area contributed by atoms with Crippen LogP contribution in [0.2, 0.25) is 0 Å². The van der Waals surface area contributed by atoms with Crippen LogP contribution < -0.4 is 10.6 Å². The number of aromatic nitrogens is 5. The van der Waals surface area contributed by atoms with Gasteiger partial charge in [-0.25, -0.2) is 19.4 Å². The number of aromatic carboxylic acids is 1. The molecule has 1 aromatic carbocycles. The van der Waals surface area contributed by atoms with E-state index in [2.05, 4.69) is 30.7 Å². The fraction of sp³-hybridized carbons (Fsp3) is 0.136. The van der Waals surface area contributed by atoms with E-state index in [4.69, 9.17) is 5.11 Å². The summed E-state index contributed by atoms with van der Waals surface area (Å²) in [4.78, 5) is 47.7. The number of anilines is 1. The molecule has 184 valence electrons. The standard InChI is InChI=1S/C22H16F3N7O4/c1-32-18(30-19(33)12-2-4-13(5-3-12)21(35)36)16-15(31-32)17(29-10-28-16)20(34)27-9-11-6-7-26-14(8-11)22(23,24)25/h2-8,10H,9H2,1H3,(H,27,34)(H,30,33)(H,35,36). The topological polar surface area (TPSA) is 152 Å². The number of nitrogens with one attached hydrogen (secondary N) is 2. The first-order valence-electron chi connectivity index (χ1n) is 10.2. The fourth-order valence-corrected chi connectivity index (χ4v) is 3.26. The quantitative estimate of drug-likeness (QED) is 0.366. The van der Waals surface area contributed by atoms with Gasteiger partial charge in [0.15, 0.2) is 11.5 Å². The molecule has 0 saturated heterocycles. The molecule has 0 unspecified atom stereocenters. The number of alkyl halides is 3. The average Bonchev–Trinajstić information content (AvgIpc) is 3.17. The molecule has 3 N–H and O–H groups in total. The summed E-state index contributed by atoms with van der Waals surface area (Å²) in [5, 5.41) is 18.3. The van der Waals surface area contributed by atoms with Crippen molar-refractivity contribution in [2.24, 2.45) is 7.05 Å². The summed E-state index contributed by atoms with van der Waals surface area (Å²) in [7, 11) is 1.50. The normalized spacial score (nSPS) is 11.3. The number of carboxylic acids is 1. The molecule has 0 aliphatic carbocycles. The van der Waals surface area contributed by atoms with Gasteiger partial charge in [0.25, 0.3) is 11.8 Å². The number of hydrogen-bond acceptors (Lipinski definition) is 7. The molecule has 11 nitrogen and oxygen atoms in total. The van der Waals surface area contributed by atoms with Crippen LogP contribution in [-0.4, -0.2) is 47.6 Å². The molecule has 0 spiro atoms. The molecule has 0 saturated carbocycles. The van der Waals surface area contributed by atoms with Crippen LogP contribution in [0.25, 0.3) is 11.0 Å². The smallest absolute Gasteiger partial charge is 0.433 e. The van der Waals surface area contributed by atoms with Crippen molar-refractivity contribution in [3.63, 3.8) is 0 Å². The predicted molar refractivity (Wildman–Crippen MR) is 118 cm³/mol. The van der Waals surface area contributed by atoms with Crippen molar-refractivity contribution >= 4 is 34.6 Å². The highest BCUT2D eigenvalue weighted by atomic mass is 19.4. The van der Waals surface area contributed by atoms with Crippen LogP contribution in [0.15, 0.2) is 48.9 Å². The number of fused-ring (bicyclic) bond motifs is 1. The molecule has 14 heteroatoms. The van der Waals surface area contributed by atoms with Gasteiger partial charge in [-0.15, -0.1) is 0 Å². The van der Waals surface area contributed by atoms with Crippen molar-refractivity contribution in [2.75, 3.05) is 5.32 Å². The van der Waals surface area contributed by atoms with E-state index in [1.165, 1.54) is 42.1 Å². The SMILES string of the molecule is Cn1nc2c(C(=O)NCc3ccnc(C(F)(F)F)c3)ncnc2c1NC(=O)c1ccc(C(=O)O)cc1. The minimum atomic E-state index is -4.62. The van der Waals surface area contributed by atoms with Gasteiger partial charge in [-0.05, 0) is 42.0 Å². The van der Waals surface area contributed by atoms with Gasteiger partial charge in [0, 0.05) is 25.4 Å². The lowest BCUT2D eigenvalue weighted by atomic mass is 10.1. The Kier molecular flexibility index (Phi) is 6.33. The number of carbonyl (C=O) groups is 3. The average molecular weight is 499 g/mol. The van der Waals surface area contributed by atoms with E-state index in [9.17, 15) is 27.6 Å². The molecule has 2 amide bonds. The van der Waals surface area contributed by atoms with Gasteiger partial charge in [-0.3, -0.25) is 14.6 Å². The van der Waals surface area contributed by atoms with E-state index < -0.39 is 29.7 Å². The molecule has 0 bridgehead atoms. The zero-order valence-corrected chi connectivity index (χ0v) is 18.4. The van der Waals surface area contributed by atoms with Crippen molar-refractivity contribution in [3.05, 3.63) is 77.0 Å². The van der Waals surface area contributed by atoms with Gasteiger partial charge in [-0.1, -0.05) is 0 Å². The maximum Gasteiger partial charge on any atom is 0.433 e. The number of carbonyl (C=O) groups excluding carboxylic acids is 2. The van der Waals surface area contributed by atoms with E-state index in [0.717, 1.165) is 18.6 Å². The van der Waals surface area contributed by atoms with Crippen molar-refractivity contribution in [1.29, 1.82) is 0 Å². The summed E-state index contributed by atoms with van der Waals surface area (Å²) < 4.78 is 39.9. The Labute approximate surface area is 200 Å². The number of carboxylic acid groups (broad SMARTS) is 1. The highest BCUT2D eigenvalue weighted by Gasteiger charge is 2.32. The third-order valence-corrected chi connectivity index (χ3v) is 5.03. The van der Waals surface area contributed by atoms with Gasteiger partial charge in [0.1, 0.15) is 23.1 Å². The van der Waals surface area contributed by atoms with Gasteiger partial charge in [0.2, 0.25) is 0 Å². The number of pyridine rings is 1. The van der Waals surface area contributed by atoms with E-state index in [1.807, 2.05) is 0 Å². The number of aryl methyl sites for hydroxylation is 1. The van der Waals surface area contributed by atoms with Crippen LogP contribution >= 0.6 is 0 Å². The zero-order valence-electron chi connectivity index (χ0n) is 18.4. The van der Waals surface area contributed by atoms with E-state index in [0.29, 0.717) is 0 Å². The Morgan fingerprint density at radius 3 is 2.33 bits per heavy atom. The molecule has 0 aliphatic rings. The largest absolute Gasteiger partial charge is 0.478 e. The molecule has 4 rings (SSSR count). The first-order chi connectivity index (χ1) is 17.0. The zero-order chi connectivity index (χ0) is 26.0. The van der Waals surface area contributed by atoms with Gasteiger partial charge < -0.3 is 15.7 Å². The first-order valence-corrected chi connectivity index (χ1v) is 10.2. The Bertz CT molecular complexity index is 1480. The predicted octanol–water partition coefficient (Wildman–Crippen LogP) is 2.66. The second-order valence-corrected chi connectivity index (χ2v) is 7.46. The van der Waals surface area contributed by atoms with E-state index in [-0.39, 0.29) is 45.8 Å². The monoisotopic (exact) mass is 499 g/mol. The maximum absolute atomic E-state index is 12.9. The number of halogens is 3. The third-order valence-electron chi connectivity index (χ3n) is 5.03. The van der Waals surface area contributed by atoms with Crippen molar-refractivity contribution in [2.45, 2.75) is 12.7 Å². The van der Waals surface area contributed by atoms with Crippen LogP contribution in [0.1, 0.15) is 42.5 Å². The summed E-state index contributed by atoms with van der Waals surface area (Å²) >= 11 is 0. The molecule has 36 heavy (non-hydrogen) atoms. The summed E-state index contributed by atoms with van der Waals surface area (Å²) in [5.74, 6) is -2.27. The lowest BCUT2D eigenvalue weighted by molar-refractivity contribution is -0.141. The third kappa shape index (κ3) is 4.96. The molecule has 3 heterocycles. The Morgan fingerprint density at radius 2 is 1.67 bits per heavy atom. The summed E-state index contributed by atoms with van der Waals surface area (Å²) in [6, 6.07) is 7.41. The number of rotatable bonds is 6. The molecule has 0 atom stereocenters. The molecule has 0 aliphatic heterocycles. The van der Waals surface area contributed by atoms with Crippen molar-refractivity contribution in [1.82, 2.24) is 30.0 Å². The Hall–Kier alpha value is -4.88. The highest BCUT2D eigenvalue weighted by Crippen LogP contribution is 2.28. The summed E-state index contributed by atoms with van der Waals surface area (Å²) in [5.41, 5.74) is -0.650. The molecular weight excluding hydrogens is 483 g/mol. The van der Waals surface area contributed by atoms with Gasteiger partial charge >= 0.3 is 12.1 Å². The second kappa shape index (κ2) is 9.40. The van der Waals surface area contributed by atoms with Crippen LogP contribution in [0.3, 0.4) is 0 Å². The molecule has 4 aromatic rings. The van der Waals surface area contributed by atoms with Crippen molar-refractivity contribution in [3.8, 4) is 0 Å². The molecule has 3 aromatic heterocycles. The van der Waals surface area contributed by atoms with Crippen molar-refractivity contribution < 1.29 is 32.7 Å². The fourth-order valence-electron chi connectivity index (χ4n) is 3.26. The van der Waals surface area contributed by atoms with Crippen LogP contribution in [0.5, 0.6) is 0 Å². The lowest BCUT2D eigenvalue weighted by Gasteiger charge is -2.09. The number of benzene rings is 1. The number of hydrogen-bond donors (Lipinski definition) is 3. The van der Waals surface area contributed by atoms with E-state index in [1.54, 1.807) is 0 Å². The Balaban J connectivity index is 1.54. The summed E-state index contributed by atoms with van der Waals surface area (Å²) in [6.07, 6.45) is -2.54. The second-order valence-electron chi connectivity index (χ2n) is 7.46. The first kappa shape index (κ1) is 24.3. The molecule has 0 fully saturated rings. The number of nitrogens with zero attached hydrogens (tertiary/aromatic N) is 5. The maximum atomic E-state index is 12.9. The minimum Gasteiger partial charge on any atom is -0.478 e. The van der Waals surface area contributed by atoms with Crippen LogP contribution in [0.4, 0.5) is 19.0 Å². The minimum absolute atomic E-state index is 0.0160. The number of amides is 2. The van der Waals surface area contributed by atoms with E-state index >= 15 is 0 Å². The highest BCUT2D eigenvalue weighted by molar-refractivity contribution is 6.10. The Morgan fingerprint density at radius 1 is 0.972 bits per heavy atom. The molecule has 0 radical (unpaired) electrons. The van der Waals surface area contributed by atoms with Crippen LogP contribution in [0, 0.1) is 0 Å².